The third-order valence-corrected chi connectivity index (χ3v) is 4.84. The van der Waals surface area contributed by atoms with Gasteiger partial charge in [0.15, 0.2) is 5.82 Å². The van der Waals surface area contributed by atoms with Crippen LogP contribution in [0.3, 0.4) is 0 Å². The van der Waals surface area contributed by atoms with Crippen molar-refractivity contribution in [3.8, 4) is 17.1 Å². The van der Waals surface area contributed by atoms with Crippen molar-refractivity contribution in [1.29, 1.82) is 0 Å². The highest BCUT2D eigenvalue weighted by atomic mass is 32.1. The van der Waals surface area contributed by atoms with Crippen LogP contribution >= 0.6 is 11.3 Å². The largest absolute Gasteiger partial charge is 0.495 e. The van der Waals surface area contributed by atoms with Crippen LogP contribution in [0, 0.1) is 0 Å². The molecule has 0 saturated carbocycles. The fourth-order valence-corrected chi connectivity index (χ4v) is 3.54. The van der Waals surface area contributed by atoms with Crippen molar-refractivity contribution in [2.24, 2.45) is 0 Å². The van der Waals surface area contributed by atoms with E-state index >= 15 is 0 Å². The number of aromatic nitrogens is 2. The first-order valence-electron chi connectivity index (χ1n) is 8.66. The number of para-hydroxylation sites is 1. The summed E-state index contributed by atoms with van der Waals surface area (Å²) in [6.07, 6.45) is 0. The van der Waals surface area contributed by atoms with E-state index in [1.807, 2.05) is 53.2 Å². The van der Waals surface area contributed by atoms with Crippen LogP contribution in [0.2, 0.25) is 0 Å². The Labute approximate surface area is 166 Å². The number of rotatable bonds is 5. The molecule has 0 saturated heterocycles. The summed E-state index contributed by atoms with van der Waals surface area (Å²) in [6.45, 7) is 1.46. The van der Waals surface area contributed by atoms with Crippen LogP contribution in [0.15, 0.2) is 59.3 Å². The number of fused-ring (bicyclic) bond motifs is 1. The normalized spacial score (nSPS) is 10.6. The van der Waals surface area contributed by atoms with Crippen molar-refractivity contribution in [3.63, 3.8) is 0 Å². The summed E-state index contributed by atoms with van der Waals surface area (Å²) in [5, 5.41) is 11.1. The third kappa shape index (κ3) is 3.65. The topological polar surface area (TPSA) is 76.1 Å². The lowest BCUT2D eigenvalue weighted by Gasteiger charge is -2.14. The van der Waals surface area contributed by atoms with Gasteiger partial charge < -0.3 is 15.4 Å². The molecule has 2 N–H and O–H groups in total. The minimum absolute atomic E-state index is 0.164. The molecule has 0 spiro atoms. The lowest BCUT2D eigenvalue weighted by molar-refractivity contribution is -0.114. The van der Waals surface area contributed by atoms with Crippen molar-refractivity contribution in [2.45, 2.75) is 6.92 Å². The molecule has 0 fully saturated rings. The molecule has 7 heteroatoms. The second-order valence-electron chi connectivity index (χ2n) is 6.15. The molecule has 4 aromatic rings. The van der Waals surface area contributed by atoms with Gasteiger partial charge in [-0.3, -0.25) is 4.79 Å². The Hall–Kier alpha value is -3.45. The van der Waals surface area contributed by atoms with Crippen LogP contribution in [0.25, 0.3) is 22.3 Å². The number of hydrogen-bond donors (Lipinski definition) is 2. The van der Waals surface area contributed by atoms with E-state index in [0.29, 0.717) is 23.1 Å². The van der Waals surface area contributed by atoms with Crippen molar-refractivity contribution >= 4 is 45.3 Å². The standard InChI is InChI=1S/C21H18N4O2S/c1-13(26)22-18-11-15(7-8-19(18)27-2)23-21-16-5-3-4-6-17(16)24-20(25-21)14-9-10-28-12-14/h3-12H,1-2H3,(H,22,26)(H,23,24,25). The summed E-state index contributed by atoms with van der Waals surface area (Å²) in [5.41, 5.74) is 3.21. The Bertz CT molecular complexity index is 1140. The molecule has 0 aliphatic carbocycles. The molecule has 0 bridgehead atoms. The molecule has 0 atom stereocenters. The number of benzene rings is 2. The van der Waals surface area contributed by atoms with Gasteiger partial charge in [0, 0.05) is 28.9 Å². The molecular formula is C21H18N4O2S. The molecule has 1 amide bonds. The van der Waals surface area contributed by atoms with E-state index in [0.717, 1.165) is 22.2 Å². The van der Waals surface area contributed by atoms with E-state index in [2.05, 4.69) is 15.6 Å². The molecule has 2 aromatic carbocycles. The zero-order valence-corrected chi connectivity index (χ0v) is 16.2. The molecule has 6 nitrogen and oxygen atoms in total. The number of thiophene rings is 1. The first-order chi connectivity index (χ1) is 13.6. The lowest BCUT2D eigenvalue weighted by atomic mass is 10.2. The van der Waals surface area contributed by atoms with E-state index < -0.39 is 0 Å². The van der Waals surface area contributed by atoms with Crippen LogP contribution in [0.1, 0.15) is 6.92 Å². The van der Waals surface area contributed by atoms with E-state index in [1.165, 1.54) is 6.92 Å². The van der Waals surface area contributed by atoms with Crippen LogP contribution < -0.4 is 15.4 Å². The van der Waals surface area contributed by atoms with Crippen molar-refractivity contribution in [3.05, 3.63) is 59.3 Å². The molecule has 0 aliphatic rings. The third-order valence-electron chi connectivity index (χ3n) is 4.16. The number of hydrogen-bond acceptors (Lipinski definition) is 6. The Morgan fingerprint density at radius 1 is 1.11 bits per heavy atom. The highest BCUT2D eigenvalue weighted by molar-refractivity contribution is 7.08. The number of nitrogens with one attached hydrogen (secondary N) is 2. The molecule has 0 unspecified atom stereocenters. The van der Waals surface area contributed by atoms with Crippen LogP contribution in [0.4, 0.5) is 17.2 Å². The van der Waals surface area contributed by atoms with Gasteiger partial charge in [-0.15, -0.1) is 0 Å². The maximum absolute atomic E-state index is 11.5. The number of ether oxygens (including phenoxy) is 1. The molecule has 0 aliphatic heterocycles. The molecular weight excluding hydrogens is 372 g/mol. The van der Waals surface area contributed by atoms with E-state index in [9.17, 15) is 4.79 Å². The fraction of sp³-hybridized carbons (Fsp3) is 0.0952. The molecule has 28 heavy (non-hydrogen) atoms. The highest BCUT2D eigenvalue weighted by Crippen LogP contribution is 2.32. The average molecular weight is 390 g/mol. The van der Waals surface area contributed by atoms with Gasteiger partial charge in [-0.1, -0.05) is 12.1 Å². The number of amides is 1. The minimum Gasteiger partial charge on any atom is -0.495 e. The van der Waals surface area contributed by atoms with Crippen LogP contribution in [-0.4, -0.2) is 23.0 Å². The predicted molar refractivity (Wildman–Crippen MR) is 113 cm³/mol. The Morgan fingerprint density at radius 2 is 1.96 bits per heavy atom. The van der Waals surface area contributed by atoms with Gasteiger partial charge in [-0.2, -0.15) is 11.3 Å². The van der Waals surface area contributed by atoms with Gasteiger partial charge in [0.25, 0.3) is 0 Å². The second kappa shape index (κ2) is 7.66. The average Bonchev–Trinajstić information content (AvgIpc) is 3.22. The van der Waals surface area contributed by atoms with Gasteiger partial charge in [-0.05, 0) is 41.8 Å². The number of methoxy groups -OCH3 is 1. The zero-order chi connectivity index (χ0) is 19.5. The highest BCUT2D eigenvalue weighted by Gasteiger charge is 2.12. The fourth-order valence-electron chi connectivity index (χ4n) is 2.90. The van der Waals surface area contributed by atoms with Crippen LogP contribution in [-0.2, 0) is 4.79 Å². The smallest absolute Gasteiger partial charge is 0.221 e. The molecule has 0 radical (unpaired) electrons. The maximum atomic E-state index is 11.5. The number of nitrogens with zero attached hydrogens (tertiary/aromatic N) is 2. The molecule has 140 valence electrons. The summed E-state index contributed by atoms with van der Waals surface area (Å²) in [5.74, 6) is 1.79. The minimum atomic E-state index is -0.164. The zero-order valence-electron chi connectivity index (χ0n) is 15.4. The summed E-state index contributed by atoms with van der Waals surface area (Å²) in [4.78, 5) is 20.9. The number of carbonyl (C=O) groups is 1. The van der Waals surface area contributed by atoms with Gasteiger partial charge in [0.1, 0.15) is 11.6 Å². The summed E-state index contributed by atoms with van der Waals surface area (Å²) in [7, 11) is 1.57. The van der Waals surface area contributed by atoms with Crippen molar-refractivity contribution < 1.29 is 9.53 Å². The van der Waals surface area contributed by atoms with E-state index in [4.69, 9.17) is 9.72 Å². The Balaban J connectivity index is 1.78. The van der Waals surface area contributed by atoms with Crippen molar-refractivity contribution in [2.75, 3.05) is 17.7 Å². The number of anilines is 3. The first kappa shape index (κ1) is 17.9. The summed E-state index contributed by atoms with van der Waals surface area (Å²) < 4.78 is 5.32. The SMILES string of the molecule is COc1ccc(Nc2nc(-c3ccsc3)nc3ccccc23)cc1NC(C)=O. The number of carbonyl (C=O) groups excluding carboxylic acids is 1. The van der Waals surface area contributed by atoms with Gasteiger partial charge in [0.2, 0.25) is 5.91 Å². The molecule has 2 aromatic heterocycles. The Kier molecular flexibility index (Phi) is 4.90. The Morgan fingerprint density at radius 3 is 2.71 bits per heavy atom. The summed E-state index contributed by atoms with van der Waals surface area (Å²) in [6, 6.07) is 15.4. The first-order valence-corrected chi connectivity index (χ1v) is 9.60. The molecule has 4 rings (SSSR count). The van der Waals surface area contributed by atoms with Gasteiger partial charge in [0.05, 0.1) is 18.3 Å². The van der Waals surface area contributed by atoms with Crippen LogP contribution in [0.5, 0.6) is 5.75 Å². The van der Waals surface area contributed by atoms with E-state index in [-0.39, 0.29) is 5.91 Å². The maximum Gasteiger partial charge on any atom is 0.221 e. The van der Waals surface area contributed by atoms with Gasteiger partial charge in [-0.25, -0.2) is 9.97 Å². The van der Waals surface area contributed by atoms with E-state index in [1.54, 1.807) is 24.5 Å². The predicted octanol–water partition coefficient (Wildman–Crippen LogP) is 5.07. The lowest BCUT2D eigenvalue weighted by Crippen LogP contribution is -2.07. The summed E-state index contributed by atoms with van der Waals surface area (Å²) >= 11 is 1.61. The van der Waals surface area contributed by atoms with Gasteiger partial charge >= 0.3 is 0 Å². The second-order valence-corrected chi connectivity index (χ2v) is 6.93. The monoisotopic (exact) mass is 390 g/mol. The quantitative estimate of drug-likeness (QED) is 0.498. The van der Waals surface area contributed by atoms with Crippen molar-refractivity contribution in [1.82, 2.24) is 9.97 Å². The molecule has 2 heterocycles.